The number of ether oxygens (including phenoxy) is 2. The van der Waals surface area contributed by atoms with Crippen molar-refractivity contribution in [3.63, 3.8) is 0 Å². The molecule has 1 aliphatic heterocycles. The summed E-state index contributed by atoms with van der Waals surface area (Å²) in [4.78, 5) is 27.4. The standard InChI is InChI=1S/C17H23ClN2O4/c1-23-13-17(22)20-10-8-19(9-11-20)16(21)7-4-12-24-15-6-3-2-5-14(15)18/h2-3,5-6H,4,7-13H2,1H3. The van der Waals surface area contributed by atoms with Crippen LogP contribution >= 0.6 is 11.6 Å². The highest BCUT2D eigenvalue weighted by atomic mass is 35.5. The minimum atomic E-state index is -0.0299. The number of methoxy groups -OCH3 is 1. The summed E-state index contributed by atoms with van der Waals surface area (Å²) in [5, 5.41) is 0.570. The zero-order valence-electron chi connectivity index (χ0n) is 13.9. The molecule has 2 amide bonds. The van der Waals surface area contributed by atoms with Crippen molar-refractivity contribution in [3.8, 4) is 5.75 Å². The highest BCUT2D eigenvalue weighted by Crippen LogP contribution is 2.23. The Bertz CT molecular complexity index is 559. The van der Waals surface area contributed by atoms with E-state index in [4.69, 9.17) is 21.1 Å². The first kappa shape index (κ1) is 18.5. The van der Waals surface area contributed by atoms with Crippen LogP contribution in [0.3, 0.4) is 0 Å². The molecule has 132 valence electrons. The molecule has 0 bridgehead atoms. The highest BCUT2D eigenvalue weighted by Gasteiger charge is 2.23. The number of carbonyl (C=O) groups excluding carboxylic acids is 2. The fourth-order valence-corrected chi connectivity index (χ4v) is 2.74. The van der Waals surface area contributed by atoms with Gasteiger partial charge in [-0.2, -0.15) is 0 Å². The molecule has 1 aromatic carbocycles. The summed E-state index contributed by atoms with van der Waals surface area (Å²) >= 11 is 6.01. The first-order valence-electron chi connectivity index (χ1n) is 8.03. The van der Waals surface area contributed by atoms with Crippen LogP contribution in [-0.2, 0) is 14.3 Å². The summed E-state index contributed by atoms with van der Waals surface area (Å²) < 4.78 is 10.4. The Morgan fingerprint density at radius 1 is 1.08 bits per heavy atom. The summed E-state index contributed by atoms with van der Waals surface area (Å²) in [5.74, 6) is 0.700. The van der Waals surface area contributed by atoms with Crippen LogP contribution in [0.4, 0.5) is 0 Å². The van der Waals surface area contributed by atoms with Crippen LogP contribution in [-0.4, -0.2) is 68.1 Å². The smallest absolute Gasteiger partial charge is 0.248 e. The number of piperazine rings is 1. The third-order valence-corrected chi connectivity index (χ3v) is 4.19. The SMILES string of the molecule is COCC(=O)N1CCN(C(=O)CCCOc2ccccc2Cl)CC1. The molecule has 0 spiro atoms. The molecule has 0 N–H and O–H groups in total. The summed E-state index contributed by atoms with van der Waals surface area (Å²) in [6, 6.07) is 7.28. The van der Waals surface area contributed by atoms with Crippen molar-refractivity contribution in [2.45, 2.75) is 12.8 Å². The Morgan fingerprint density at radius 2 is 1.71 bits per heavy atom. The number of amides is 2. The number of halogens is 1. The second-order valence-electron chi connectivity index (χ2n) is 5.58. The maximum Gasteiger partial charge on any atom is 0.248 e. The molecule has 1 heterocycles. The van der Waals surface area contributed by atoms with Gasteiger partial charge in [-0.25, -0.2) is 0 Å². The third kappa shape index (κ3) is 5.39. The van der Waals surface area contributed by atoms with Crippen molar-refractivity contribution in [3.05, 3.63) is 29.3 Å². The lowest BCUT2D eigenvalue weighted by Crippen LogP contribution is -2.51. The van der Waals surface area contributed by atoms with Crippen molar-refractivity contribution >= 4 is 23.4 Å². The number of nitrogens with zero attached hydrogens (tertiary/aromatic N) is 2. The van der Waals surface area contributed by atoms with Gasteiger partial charge in [-0.3, -0.25) is 9.59 Å². The van der Waals surface area contributed by atoms with Crippen LogP contribution in [0, 0.1) is 0 Å². The van der Waals surface area contributed by atoms with E-state index in [0.29, 0.717) is 56.4 Å². The quantitative estimate of drug-likeness (QED) is 0.701. The molecule has 1 aliphatic rings. The van der Waals surface area contributed by atoms with Crippen molar-refractivity contribution in [2.75, 3.05) is 46.5 Å². The molecule has 0 radical (unpaired) electrons. The maximum atomic E-state index is 12.2. The summed E-state index contributed by atoms with van der Waals surface area (Å²) in [7, 11) is 1.50. The van der Waals surface area contributed by atoms with Gasteiger partial charge in [-0.05, 0) is 18.6 Å². The van der Waals surface area contributed by atoms with Crippen molar-refractivity contribution in [1.29, 1.82) is 0 Å². The van der Waals surface area contributed by atoms with Crippen LogP contribution in [0.25, 0.3) is 0 Å². The van der Waals surface area contributed by atoms with E-state index in [2.05, 4.69) is 0 Å². The lowest BCUT2D eigenvalue weighted by molar-refractivity contribution is -0.141. The predicted octanol–water partition coefficient (Wildman–Crippen LogP) is 1.82. The van der Waals surface area contributed by atoms with E-state index in [9.17, 15) is 9.59 Å². The topological polar surface area (TPSA) is 59.1 Å². The van der Waals surface area contributed by atoms with Crippen LogP contribution < -0.4 is 4.74 Å². The second kappa shape index (κ2) is 9.49. The Hall–Kier alpha value is -1.79. The lowest BCUT2D eigenvalue weighted by Gasteiger charge is -2.34. The summed E-state index contributed by atoms with van der Waals surface area (Å²) in [6.45, 7) is 2.79. The molecule has 0 unspecified atom stereocenters. The zero-order valence-corrected chi connectivity index (χ0v) is 14.6. The van der Waals surface area contributed by atoms with Gasteiger partial charge in [0, 0.05) is 39.7 Å². The van der Waals surface area contributed by atoms with Gasteiger partial charge in [0.05, 0.1) is 11.6 Å². The van der Waals surface area contributed by atoms with Crippen LogP contribution in [0.2, 0.25) is 5.02 Å². The largest absolute Gasteiger partial charge is 0.492 e. The molecule has 0 atom stereocenters. The minimum Gasteiger partial charge on any atom is -0.492 e. The monoisotopic (exact) mass is 354 g/mol. The fraction of sp³-hybridized carbons (Fsp3) is 0.529. The average molecular weight is 355 g/mol. The minimum absolute atomic E-state index is 0.0299. The normalized spacial score (nSPS) is 14.6. The zero-order chi connectivity index (χ0) is 17.4. The molecular formula is C17H23ClN2O4. The number of carbonyl (C=O) groups is 2. The first-order chi connectivity index (χ1) is 11.6. The van der Waals surface area contributed by atoms with E-state index >= 15 is 0 Å². The second-order valence-corrected chi connectivity index (χ2v) is 5.98. The van der Waals surface area contributed by atoms with Crippen molar-refractivity contribution in [2.24, 2.45) is 0 Å². The highest BCUT2D eigenvalue weighted by molar-refractivity contribution is 6.32. The van der Waals surface area contributed by atoms with Crippen molar-refractivity contribution < 1.29 is 19.1 Å². The van der Waals surface area contributed by atoms with Gasteiger partial charge in [-0.15, -0.1) is 0 Å². The Balaban J connectivity index is 1.65. The molecule has 6 nitrogen and oxygen atoms in total. The van der Waals surface area contributed by atoms with Crippen LogP contribution in [0.1, 0.15) is 12.8 Å². The van der Waals surface area contributed by atoms with E-state index in [1.54, 1.807) is 21.9 Å². The molecule has 7 heteroatoms. The fourth-order valence-electron chi connectivity index (χ4n) is 2.55. The maximum absolute atomic E-state index is 12.2. The van der Waals surface area contributed by atoms with E-state index in [1.807, 2.05) is 12.1 Å². The number of hydrogen-bond donors (Lipinski definition) is 0. The van der Waals surface area contributed by atoms with E-state index in [0.717, 1.165) is 0 Å². The van der Waals surface area contributed by atoms with Gasteiger partial charge < -0.3 is 19.3 Å². The number of rotatable bonds is 7. The van der Waals surface area contributed by atoms with Gasteiger partial charge in [0.25, 0.3) is 0 Å². The molecule has 2 rings (SSSR count). The third-order valence-electron chi connectivity index (χ3n) is 3.88. The van der Waals surface area contributed by atoms with Gasteiger partial charge in [0.1, 0.15) is 12.4 Å². The van der Waals surface area contributed by atoms with E-state index < -0.39 is 0 Å². The summed E-state index contributed by atoms with van der Waals surface area (Å²) in [6.07, 6.45) is 1.06. The number of hydrogen-bond acceptors (Lipinski definition) is 4. The Kier molecular flexibility index (Phi) is 7.34. The molecular weight excluding hydrogens is 332 g/mol. The number of para-hydroxylation sites is 1. The van der Waals surface area contributed by atoms with E-state index in [-0.39, 0.29) is 18.4 Å². The van der Waals surface area contributed by atoms with Gasteiger partial charge in [0.15, 0.2) is 0 Å². The number of benzene rings is 1. The molecule has 0 aromatic heterocycles. The lowest BCUT2D eigenvalue weighted by atomic mass is 10.2. The van der Waals surface area contributed by atoms with Gasteiger partial charge in [-0.1, -0.05) is 23.7 Å². The molecule has 0 saturated carbocycles. The van der Waals surface area contributed by atoms with Crippen LogP contribution in [0.15, 0.2) is 24.3 Å². The summed E-state index contributed by atoms with van der Waals surface area (Å²) in [5.41, 5.74) is 0. The molecule has 1 saturated heterocycles. The van der Waals surface area contributed by atoms with Gasteiger partial charge in [0.2, 0.25) is 11.8 Å². The predicted molar refractivity (Wildman–Crippen MR) is 91.2 cm³/mol. The first-order valence-corrected chi connectivity index (χ1v) is 8.41. The molecule has 1 fully saturated rings. The van der Waals surface area contributed by atoms with Crippen molar-refractivity contribution in [1.82, 2.24) is 9.80 Å². The molecule has 1 aromatic rings. The van der Waals surface area contributed by atoms with E-state index in [1.165, 1.54) is 7.11 Å². The van der Waals surface area contributed by atoms with Gasteiger partial charge >= 0.3 is 0 Å². The Morgan fingerprint density at radius 3 is 2.33 bits per heavy atom. The molecule has 24 heavy (non-hydrogen) atoms. The molecule has 0 aliphatic carbocycles. The average Bonchev–Trinajstić information content (AvgIpc) is 2.60. The Labute approximate surface area is 147 Å². The van der Waals surface area contributed by atoms with Crippen LogP contribution in [0.5, 0.6) is 5.75 Å².